The second-order valence-electron chi connectivity index (χ2n) is 12.8. The van der Waals surface area contributed by atoms with Gasteiger partial charge in [0.2, 0.25) is 0 Å². The Balaban J connectivity index is 1.23. The Bertz CT molecular complexity index is 2670. The molecule has 8 aromatic rings. The van der Waals surface area contributed by atoms with Gasteiger partial charge in [0, 0.05) is 23.4 Å². The quantitative estimate of drug-likeness (QED) is 0.173. The molecule has 0 saturated carbocycles. The van der Waals surface area contributed by atoms with Crippen LogP contribution in [-0.2, 0) is 0 Å². The van der Waals surface area contributed by atoms with E-state index in [2.05, 4.69) is 174 Å². The fourth-order valence-corrected chi connectivity index (χ4v) is 7.74. The fraction of sp³-hybridized carbons (Fsp3) is 0.0217. The zero-order valence-electron chi connectivity index (χ0n) is 27.7. The number of aromatic nitrogens is 3. The van der Waals surface area contributed by atoms with E-state index in [1.165, 1.54) is 21.9 Å². The van der Waals surface area contributed by atoms with Crippen molar-refractivity contribution in [1.29, 1.82) is 0 Å². The summed E-state index contributed by atoms with van der Waals surface area (Å²) in [5, 5.41) is 6.97. The fourth-order valence-electron chi connectivity index (χ4n) is 7.74. The summed E-state index contributed by atoms with van der Waals surface area (Å²) in [5.41, 5.74) is 7.53. The summed E-state index contributed by atoms with van der Waals surface area (Å²) in [6, 6.07) is 53.6. The van der Waals surface area contributed by atoms with E-state index in [4.69, 9.17) is 15.0 Å². The maximum Gasteiger partial charge on any atom is 0.182 e. The molecule has 0 bridgehead atoms. The molecule has 1 aromatic heterocycles. The first kappa shape index (κ1) is 29.1. The van der Waals surface area contributed by atoms with Crippen LogP contribution in [0.2, 0.25) is 0 Å². The van der Waals surface area contributed by atoms with Crippen LogP contribution in [0, 0.1) is 0 Å². The standard InChI is InChI=1S/C46H31N5/c1-3-16-32(17-4-1)43-44(51(35-19-5-2-6-20-35)40-25-13-14-28-50(40)43)46-48-30-47-45(49-46)42-38-23-11-9-21-36(38)41(37-22-10-12-24-39(37)42)34-27-26-31-15-7-8-18-33(31)29-34/h1-27,29-30H,28H2. The molecule has 2 aliphatic heterocycles. The van der Waals surface area contributed by atoms with Gasteiger partial charge in [0.25, 0.3) is 0 Å². The molecule has 51 heavy (non-hydrogen) atoms. The highest BCUT2D eigenvalue weighted by Gasteiger charge is 2.38. The van der Waals surface area contributed by atoms with E-state index in [0.29, 0.717) is 11.6 Å². The van der Waals surface area contributed by atoms with E-state index in [1.54, 1.807) is 6.33 Å². The van der Waals surface area contributed by atoms with Crippen molar-refractivity contribution in [2.24, 2.45) is 0 Å². The molecule has 0 amide bonds. The SMILES string of the molecule is C1=CCN2C(=C1)N(c1ccccc1)C(c1ncnc(-c3c4ccccc4c(-c4ccc5ccccc5c4)c4ccccc34)n1)=C2c1ccccc1. The first-order valence-corrected chi connectivity index (χ1v) is 17.3. The number of rotatable bonds is 5. The Labute approximate surface area is 295 Å². The monoisotopic (exact) mass is 653 g/mol. The van der Waals surface area contributed by atoms with Gasteiger partial charge in [-0.3, -0.25) is 4.90 Å². The van der Waals surface area contributed by atoms with Gasteiger partial charge in [-0.25, -0.2) is 15.0 Å². The Kier molecular flexibility index (Phi) is 6.81. The van der Waals surface area contributed by atoms with Crippen molar-refractivity contribution < 1.29 is 0 Å². The summed E-state index contributed by atoms with van der Waals surface area (Å²) in [5.74, 6) is 2.32. The predicted octanol–water partition coefficient (Wildman–Crippen LogP) is 10.7. The van der Waals surface area contributed by atoms with Gasteiger partial charge in [0.1, 0.15) is 17.8 Å². The number of hydrogen-bond acceptors (Lipinski definition) is 5. The van der Waals surface area contributed by atoms with Crippen LogP contribution in [0.3, 0.4) is 0 Å². The van der Waals surface area contributed by atoms with Crippen molar-refractivity contribution >= 4 is 49.4 Å². The molecule has 0 atom stereocenters. The average Bonchev–Trinajstić information content (AvgIpc) is 3.56. The molecule has 0 saturated heterocycles. The predicted molar refractivity (Wildman–Crippen MR) is 209 cm³/mol. The van der Waals surface area contributed by atoms with Crippen LogP contribution in [-0.4, -0.2) is 26.4 Å². The average molecular weight is 654 g/mol. The molecule has 0 aliphatic carbocycles. The highest BCUT2D eigenvalue weighted by Crippen LogP contribution is 2.47. The van der Waals surface area contributed by atoms with Gasteiger partial charge in [-0.2, -0.15) is 0 Å². The Hall–Kier alpha value is -6.85. The molecule has 0 fully saturated rings. The number of fused-ring (bicyclic) bond motifs is 4. The first-order valence-electron chi connectivity index (χ1n) is 17.3. The number of hydrogen-bond donors (Lipinski definition) is 0. The summed E-state index contributed by atoms with van der Waals surface area (Å²) in [6.07, 6.45) is 8.15. The number of anilines is 1. The molecule has 240 valence electrons. The Morgan fingerprint density at radius 1 is 0.490 bits per heavy atom. The van der Waals surface area contributed by atoms with Gasteiger partial charge in [-0.1, -0.05) is 146 Å². The summed E-state index contributed by atoms with van der Waals surface area (Å²) < 4.78 is 0. The van der Waals surface area contributed by atoms with E-state index in [0.717, 1.165) is 62.1 Å². The van der Waals surface area contributed by atoms with Gasteiger partial charge >= 0.3 is 0 Å². The lowest BCUT2D eigenvalue weighted by Gasteiger charge is -2.28. The molecule has 2 aliphatic rings. The maximum absolute atomic E-state index is 5.38. The highest BCUT2D eigenvalue weighted by atomic mass is 15.4. The van der Waals surface area contributed by atoms with Crippen molar-refractivity contribution in [1.82, 2.24) is 19.9 Å². The third-order valence-corrected chi connectivity index (χ3v) is 9.93. The Morgan fingerprint density at radius 3 is 1.82 bits per heavy atom. The van der Waals surface area contributed by atoms with Crippen molar-refractivity contribution in [3.63, 3.8) is 0 Å². The van der Waals surface area contributed by atoms with Crippen LogP contribution in [0.5, 0.6) is 0 Å². The zero-order valence-corrected chi connectivity index (χ0v) is 27.7. The molecule has 5 heteroatoms. The molecule has 0 N–H and O–H groups in total. The molecular formula is C46H31N5. The summed E-state index contributed by atoms with van der Waals surface area (Å²) >= 11 is 0. The number of allylic oxidation sites excluding steroid dienone is 2. The van der Waals surface area contributed by atoms with Crippen LogP contribution in [0.4, 0.5) is 5.69 Å². The number of nitrogens with zero attached hydrogens (tertiary/aromatic N) is 5. The van der Waals surface area contributed by atoms with Crippen LogP contribution in [0.15, 0.2) is 182 Å². The van der Waals surface area contributed by atoms with Gasteiger partial charge in [0.05, 0.1) is 5.70 Å². The maximum atomic E-state index is 5.38. The van der Waals surface area contributed by atoms with Crippen molar-refractivity contribution in [3.8, 4) is 22.5 Å². The third-order valence-electron chi connectivity index (χ3n) is 9.93. The molecular weight excluding hydrogens is 623 g/mol. The Morgan fingerprint density at radius 2 is 1.10 bits per heavy atom. The topological polar surface area (TPSA) is 45.2 Å². The van der Waals surface area contributed by atoms with Gasteiger partial charge in [-0.05, 0) is 67.7 Å². The second-order valence-corrected chi connectivity index (χ2v) is 12.8. The smallest absolute Gasteiger partial charge is 0.182 e. The van der Waals surface area contributed by atoms with E-state index in [9.17, 15) is 0 Å². The van der Waals surface area contributed by atoms with Crippen molar-refractivity contribution in [3.05, 3.63) is 193 Å². The van der Waals surface area contributed by atoms with Gasteiger partial charge in [0.15, 0.2) is 11.6 Å². The molecule has 10 rings (SSSR count). The largest absolute Gasteiger partial charge is 0.321 e. The molecule has 5 nitrogen and oxygen atoms in total. The minimum Gasteiger partial charge on any atom is -0.321 e. The first-order chi connectivity index (χ1) is 25.3. The van der Waals surface area contributed by atoms with Gasteiger partial charge < -0.3 is 4.90 Å². The van der Waals surface area contributed by atoms with Crippen LogP contribution in [0.1, 0.15) is 11.4 Å². The van der Waals surface area contributed by atoms with E-state index >= 15 is 0 Å². The van der Waals surface area contributed by atoms with Crippen molar-refractivity contribution in [2.75, 3.05) is 11.4 Å². The van der Waals surface area contributed by atoms with Gasteiger partial charge in [-0.15, -0.1) is 0 Å². The summed E-state index contributed by atoms with van der Waals surface area (Å²) in [4.78, 5) is 19.8. The highest BCUT2D eigenvalue weighted by molar-refractivity contribution is 6.21. The second kappa shape index (κ2) is 11.9. The molecule has 0 unspecified atom stereocenters. The van der Waals surface area contributed by atoms with Crippen LogP contribution in [0.25, 0.3) is 66.2 Å². The minimum atomic E-state index is 0.616. The normalized spacial score (nSPS) is 14.1. The number of benzene rings is 7. The number of para-hydroxylation sites is 1. The zero-order chi connectivity index (χ0) is 33.7. The lowest BCUT2D eigenvalue weighted by atomic mass is 9.87. The lowest BCUT2D eigenvalue weighted by molar-refractivity contribution is 0.546. The molecule has 0 radical (unpaired) electrons. The van der Waals surface area contributed by atoms with Crippen molar-refractivity contribution in [2.45, 2.75) is 0 Å². The van der Waals surface area contributed by atoms with E-state index in [1.807, 2.05) is 6.07 Å². The lowest BCUT2D eigenvalue weighted by Crippen LogP contribution is -2.27. The van der Waals surface area contributed by atoms with Crippen LogP contribution < -0.4 is 4.90 Å². The third kappa shape index (κ3) is 4.74. The molecule has 0 spiro atoms. The minimum absolute atomic E-state index is 0.616. The summed E-state index contributed by atoms with van der Waals surface area (Å²) in [7, 11) is 0. The van der Waals surface area contributed by atoms with E-state index < -0.39 is 0 Å². The van der Waals surface area contributed by atoms with E-state index in [-0.39, 0.29) is 0 Å². The molecule has 7 aromatic carbocycles. The van der Waals surface area contributed by atoms with Crippen LogP contribution >= 0.6 is 0 Å². The summed E-state index contributed by atoms with van der Waals surface area (Å²) in [6.45, 7) is 0.742. The molecule has 3 heterocycles.